The van der Waals surface area contributed by atoms with Crippen LogP contribution in [0.3, 0.4) is 0 Å². The average molecular weight is 302 g/mol. The molecule has 1 amide bonds. The lowest BCUT2D eigenvalue weighted by Gasteiger charge is -2.26. The Labute approximate surface area is 128 Å². The van der Waals surface area contributed by atoms with Gasteiger partial charge in [-0.3, -0.25) is 9.48 Å². The lowest BCUT2D eigenvalue weighted by molar-refractivity contribution is 0.0736. The number of benzene rings is 1. The fourth-order valence-corrected chi connectivity index (χ4v) is 3.11. The summed E-state index contributed by atoms with van der Waals surface area (Å²) in [4.78, 5) is 14.6. The van der Waals surface area contributed by atoms with Crippen LogP contribution < -0.4 is 5.73 Å². The van der Waals surface area contributed by atoms with Crippen molar-refractivity contribution in [2.24, 2.45) is 7.05 Å². The van der Waals surface area contributed by atoms with Gasteiger partial charge in [-0.25, -0.2) is 4.39 Å². The van der Waals surface area contributed by atoms with Gasteiger partial charge in [-0.1, -0.05) is 6.07 Å². The number of aryl methyl sites for hydroxylation is 2. The van der Waals surface area contributed by atoms with Crippen LogP contribution in [-0.4, -0.2) is 27.1 Å². The van der Waals surface area contributed by atoms with Crippen LogP contribution >= 0.6 is 0 Å². The van der Waals surface area contributed by atoms with Crippen molar-refractivity contribution in [2.75, 3.05) is 12.3 Å². The Bertz CT molecular complexity index is 725. The van der Waals surface area contributed by atoms with Gasteiger partial charge < -0.3 is 10.6 Å². The summed E-state index contributed by atoms with van der Waals surface area (Å²) in [6.45, 7) is 2.55. The van der Waals surface area contributed by atoms with Crippen molar-refractivity contribution < 1.29 is 9.18 Å². The van der Waals surface area contributed by atoms with E-state index in [1.165, 1.54) is 23.0 Å². The van der Waals surface area contributed by atoms with E-state index >= 15 is 0 Å². The van der Waals surface area contributed by atoms with E-state index in [0.717, 1.165) is 24.0 Å². The quantitative estimate of drug-likeness (QED) is 0.926. The van der Waals surface area contributed by atoms with Crippen molar-refractivity contribution in [3.05, 3.63) is 46.9 Å². The first kappa shape index (κ1) is 14.6. The lowest BCUT2D eigenvalue weighted by Crippen LogP contribution is -2.31. The maximum Gasteiger partial charge on any atom is 0.259 e. The molecule has 1 fully saturated rings. The van der Waals surface area contributed by atoms with Gasteiger partial charge in [0.1, 0.15) is 17.2 Å². The molecule has 116 valence electrons. The molecule has 2 heterocycles. The van der Waals surface area contributed by atoms with Crippen molar-refractivity contribution in [2.45, 2.75) is 25.8 Å². The molecule has 1 aliphatic rings. The van der Waals surface area contributed by atoms with Crippen LogP contribution in [-0.2, 0) is 7.05 Å². The molecule has 1 saturated heterocycles. The van der Waals surface area contributed by atoms with Gasteiger partial charge in [0.15, 0.2) is 0 Å². The van der Waals surface area contributed by atoms with Crippen molar-refractivity contribution in [1.29, 1.82) is 0 Å². The zero-order valence-electron chi connectivity index (χ0n) is 12.7. The summed E-state index contributed by atoms with van der Waals surface area (Å²) in [6.07, 6.45) is 3.30. The fraction of sp³-hybridized carbons (Fsp3) is 0.375. The number of hydrogen-bond acceptors (Lipinski definition) is 3. The number of nitrogen functional groups attached to an aromatic ring is 1. The molecule has 0 bridgehead atoms. The molecule has 2 aromatic rings. The van der Waals surface area contributed by atoms with Gasteiger partial charge in [0, 0.05) is 13.6 Å². The minimum Gasteiger partial charge on any atom is -0.383 e. The highest BCUT2D eigenvalue weighted by Gasteiger charge is 2.33. The van der Waals surface area contributed by atoms with Crippen molar-refractivity contribution in [3.63, 3.8) is 0 Å². The number of likely N-dealkylation sites (tertiary alicyclic amines) is 1. The topological polar surface area (TPSA) is 64.2 Å². The fourth-order valence-electron chi connectivity index (χ4n) is 3.11. The first-order chi connectivity index (χ1) is 10.5. The van der Waals surface area contributed by atoms with E-state index in [1.54, 1.807) is 13.1 Å². The smallest absolute Gasteiger partial charge is 0.259 e. The molecular weight excluding hydrogens is 283 g/mol. The summed E-state index contributed by atoms with van der Waals surface area (Å²) in [5.74, 6) is -0.00284. The number of anilines is 1. The summed E-state index contributed by atoms with van der Waals surface area (Å²) >= 11 is 0. The highest BCUT2D eigenvalue weighted by atomic mass is 19.1. The van der Waals surface area contributed by atoms with Crippen LogP contribution in [0.1, 0.15) is 40.4 Å². The van der Waals surface area contributed by atoms with Gasteiger partial charge in [-0.05, 0) is 43.0 Å². The van der Waals surface area contributed by atoms with Crippen molar-refractivity contribution in [3.8, 4) is 0 Å². The molecule has 3 rings (SSSR count). The van der Waals surface area contributed by atoms with E-state index in [0.29, 0.717) is 17.9 Å². The monoisotopic (exact) mass is 302 g/mol. The predicted octanol–water partition coefficient (Wildman–Crippen LogP) is 2.43. The molecule has 1 aliphatic heterocycles. The number of nitrogens with zero attached hydrogens (tertiary/aromatic N) is 3. The Morgan fingerprint density at radius 3 is 2.86 bits per heavy atom. The molecule has 1 unspecified atom stereocenters. The maximum atomic E-state index is 13.3. The highest BCUT2D eigenvalue weighted by Crippen LogP contribution is 2.35. The molecule has 1 aromatic carbocycles. The van der Waals surface area contributed by atoms with Crippen LogP contribution in [0.2, 0.25) is 0 Å². The standard InChI is InChI=1S/C16H19FN4O/c1-10-8-11(17)5-6-12(10)14-4-3-7-21(14)16(22)13-9-19-20(2)15(13)18/h5-6,8-9,14H,3-4,7,18H2,1-2H3. The number of rotatable bonds is 2. The summed E-state index contributed by atoms with van der Waals surface area (Å²) in [6, 6.07) is 4.69. The molecule has 1 atom stereocenters. The zero-order valence-corrected chi connectivity index (χ0v) is 12.7. The number of carbonyl (C=O) groups excluding carboxylic acids is 1. The van der Waals surface area contributed by atoms with E-state index in [-0.39, 0.29) is 17.8 Å². The number of aromatic nitrogens is 2. The van der Waals surface area contributed by atoms with Gasteiger partial charge >= 0.3 is 0 Å². The van der Waals surface area contributed by atoms with E-state index in [4.69, 9.17) is 5.73 Å². The van der Waals surface area contributed by atoms with Gasteiger partial charge in [0.2, 0.25) is 0 Å². The largest absolute Gasteiger partial charge is 0.383 e. The van der Waals surface area contributed by atoms with Gasteiger partial charge in [0.05, 0.1) is 12.2 Å². The summed E-state index contributed by atoms with van der Waals surface area (Å²) in [7, 11) is 1.71. The molecule has 1 aromatic heterocycles. The summed E-state index contributed by atoms with van der Waals surface area (Å²) in [5, 5.41) is 4.03. The molecular formula is C16H19FN4O. The molecule has 0 saturated carbocycles. The van der Waals surface area contributed by atoms with Gasteiger partial charge in [0.25, 0.3) is 5.91 Å². The van der Waals surface area contributed by atoms with Crippen molar-refractivity contribution >= 4 is 11.7 Å². The Morgan fingerprint density at radius 1 is 1.45 bits per heavy atom. The van der Waals surface area contributed by atoms with Crippen LogP contribution in [0.5, 0.6) is 0 Å². The molecule has 2 N–H and O–H groups in total. The second kappa shape index (κ2) is 5.44. The number of nitrogens with two attached hydrogens (primary N) is 1. The number of amides is 1. The third-order valence-electron chi connectivity index (χ3n) is 4.32. The molecule has 22 heavy (non-hydrogen) atoms. The number of halogens is 1. The summed E-state index contributed by atoms with van der Waals surface area (Å²) in [5.41, 5.74) is 8.19. The Balaban J connectivity index is 1.93. The second-order valence-electron chi connectivity index (χ2n) is 5.72. The van der Waals surface area contributed by atoms with Gasteiger partial charge in [-0.15, -0.1) is 0 Å². The molecule has 0 spiro atoms. The predicted molar refractivity (Wildman–Crippen MR) is 81.8 cm³/mol. The lowest BCUT2D eigenvalue weighted by atomic mass is 9.99. The minimum absolute atomic E-state index is 0.0345. The van der Waals surface area contributed by atoms with E-state index < -0.39 is 0 Å². The molecule has 5 nitrogen and oxygen atoms in total. The SMILES string of the molecule is Cc1cc(F)ccc1C1CCCN1C(=O)c1cnn(C)c1N. The average Bonchev–Trinajstić information content (AvgIpc) is 3.07. The first-order valence-corrected chi connectivity index (χ1v) is 7.33. The van der Waals surface area contributed by atoms with Crippen LogP contribution in [0.4, 0.5) is 10.2 Å². The van der Waals surface area contributed by atoms with Crippen LogP contribution in [0.15, 0.2) is 24.4 Å². The van der Waals surface area contributed by atoms with Crippen LogP contribution in [0.25, 0.3) is 0 Å². The van der Waals surface area contributed by atoms with Crippen molar-refractivity contribution in [1.82, 2.24) is 14.7 Å². The van der Waals surface area contributed by atoms with Gasteiger partial charge in [-0.2, -0.15) is 5.10 Å². The molecule has 0 aliphatic carbocycles. The Kier molecular flexibility index (Phi) is 3.60. The van der Waals surface area contributed by atoms with E-state index in [2.05, 4.69) is 5.10 Å². The third-order valence-corrected chi connectivity index (χ3v) is 4.32. The number of carbonyl (C=O) groups is 1. The zero-order chi connectivity index (χ0) is 15.9. The molecule has 6 heteroatoms. The van der Waals surface area contributed by atoms with Crippen LogP contribution in [0, 0.1) is 12.7 Å². The molecule has 0 radical (unpaired) electrons. The summed E-state index contributed by atoms with van der Waals surface area (Å²) < 4.78 is 14.8. The van der Waals surface area contributed by atoms with E-state index in [9.17, 15) is 9.18 Å². The minimum atomic E-state index is -0.256. The Morgan fingerprint density at radius 2 is 2.23 bits per heavy atom. The first-order valence-electron chi connectivity index (χ1n) is 7.33. The van der Waals surface area contributed by atoms with E-state index in [1.807, 2.05) is 11.8 Å². The normalized spacial score (nSPS) is 18.0. The number of hydrogen-bond donors (Lipinski definition) is 1. The second-order valence-corrected chi connectivity index (χ2v) is 5.72. The highest BCUT2D eigenvalue weighted by molar-refractivity contribution is 5.98. The maximum absolute atomic E-state index is 13.3. The third kappa shape index (κ3) is 2.34. The Hall–Kier alpha value is -2.37.